The van der Waals surface area contributed by atoms with E-state index in [2.05, 4.69) is 34.6 Å². The van der Waals surface area contributed by atoms with E-state index in [0.717, 1.165) is 12.5 Å². The highest BCUT2D eigenvalue weighted by molar-refractivity contribution is 5.80. The average molecular weight is 201 g/mol. The van der Waals surface area contributed by atoms with Crippen molar-refractivity contribution in [2.75, 3.05) is 6.54 Å². The zero-order valence-electron chi connectivity index (χ0n) is 8.61. The lowest BCUT2D eigenvalue weighted by Gasteiger charge is -2.15. The minimum Gasteiger partial charge on any atom is -0.370 e. The zero-order valence-corrected chi connectivity index (χ0v) is 8.61. The predicted octanol–water partition coefficient (Wildman–Crippen LogP) is 1.52. The van der Waals surface area contributed by atoms with Crippen LogP contribution in [-0.4, -0.2) is 12.5 Å². The van der Waals surface area contributed by atoms with Crippen molar-refractivity contribution in [2.24, 2.45) is 10.7 Å². The molecule has 15 heavy (non-hydrogen) atoms. The molecule has 1 atom stereocenters. The predicted molar refractivity (Wildman–Crippen MR) is 60.8 cm³/mol. The number of nitrogens with one attached hydrogen (secondary N) is 1. The fourth-order valence-electron chi connectivity index (χ4n) is 2.23. The van der Waals surface area contributed by atoms with Crippen LogP contribution >= 0.6 is 0 Å². The van der Waals surface area contributed by atoms with Gasteiger partial charge in [-0.1, -0.05) is 24.3 Å². The Labute approximate surface area is 89.4 Å². The second kappa shape index (κ2) is 3.26. The molecule has 1 aliphatic heterocycles. The monoisotopic (exact) mass is 201 g/mol. The normalized spacial score (nSPS) is 24.8. The first-order valence-electron chi connectivity index (χ1n) is 5.50. The van der Waals surface area contributed by atoms with Crippen LogP contribution in [0.5, 0.6) is 0 Å². The first-order valence-corrected chi connectivity index (χ1v) is 5.50. The summed E-state index contributed by atoms with van der Waals surface area (Å²) >= 11 is 0. The molecule has 1 heterocycles. The Kier molecular flexibility index (Phi) is 1.91. The summed E-state index contributed by atoms with van der Waals surface area (Å²) in [5.74, 6) is 1.36. The molecule has 1 unspecified atom stereocenters. The third-order valence-electron chi connectivity index (χ3n) is 3.15. The highest BCUT2D eigenvalue weighted by Gasteiger charge is 2.29. The first-order chi connectivity index (χ1) is 7.34. The molecule has 2 aliphatic rings. The van der Waals surface area contributed by atoms with Crippen molar-refractivity contribution >= 4 is 5.96 Å². The van der Waals surface area contributed by atoms with Crippen LogP contribution in [0.15, 0.2) is 29.3 Å². The molecule has 0 bridgehead atoms. The van der Waals surface area contributed by atoms with Crippen molar-refractivity contribution < 1.29 is 0 Å². The van der Waals surface area contributed by atoms with Crippen molar-refractivity contribution in [2.45, 2.75) is 24.8 Å². The molecule has 3 nitrogen and oxygen atoms in total. The summed E-state index contributed by atoms with van der Waals surface area (Å²) in [7, 11) is 0. The van der Waals surface area contributed by atoms with Gasteiger partial charge in [-0.25, -0.2) is 0 Å². The third-order valence-corrected chi connectivity index (χ3v) is 3.15. The Hall–Kier alpha value is -1.51. The summed E-state index contributed by atoms with van der Waals surface area (Å²) < 4.78 is 0. The number of guanidine groups is 1. The maximum atomic E-state index is 5.64. The van der Waals surface area contributed by atoms with Gasteiger partial charge in [-0.05, 0) is 29.9 Å². The number of hydrogen-bond acceptors (Lipinski definition) is 3. The van der Waals surface area contributed by atoms with Crippen molar-refractivity contribution in [3.05, 3.63) is 35.4 Å². The maximum Gasteiger partial charge on any atom is 0.189 e. The molecule has 3 N–H and O–H groups in total. The minimum absolute atomic E-state index is 0.293. The van der Waals surface area contributed by atoms with Crippen molar-refractivity contribution in [3.8, 4) is 0 Å². The van der Waals surface area contributed by atoms with Gasteiger partial charge in [0.05, 0.1) is 12.6 Å². The first kappa shape index (κ1) is 8.77. The Morgan fingerprint density at radius 1 is 1.20 bits per heavy atom. The molecule has 1 aromatic carbocycles. The van der Waals surface area contributed by atoms with Crippen molar-refractivity contribution in [1.29, 1.82) is 0 Å². The molecule has 1 aromatic rings. The standard InChI is InChI=1S/C12H15N3/c13-12-14-7-11(15-12)10-4-2-1-3-9(10)8-5-6-8/h1-4,8,11H,5-7H2,(H3,13,14,15). The van der Waals surface area contributed by atoms with Gasteiger partial charge in [-0.3, -0.25) is 4.99 Å². The van der Waals surface area contributed by atoms with E-state index in [1.54, 1.807) is 0 Å². The molecule has 1 aliphatic carbocycles. The molecule has 3 rings (SSSR count). The van der Waals surface area contributed by atoms with Crippen LogP contribution in [0.3, 0.4) is 0 Å². The van der Waals surface area contributed by atoms with E-state index in [4.69, 9.17) is 5.73 Å². The van der Waals surface area contributed by atoms with E-state index in [1.165, 1.54) is 24.0 Å². The van der Waals surface area contributed by atoms with Crippen LogP contribution < -0.4 is 11.1 Å². The topological polar surface area (TPSA) is 50.4 Å². The molecular formula is C12H15N3. The van der Waals surface area contributed by atoms with Crippen LogP contribution in [0, 0.1) is 0 Å². The van der Waals surface area contributed by atoms with Gasteiger partial charge in [-0.15, -0.1) is 0 Å². The maximum absolute atomic E-state index is 5.64. The van der Waals surface area contributed by atoms with Gasteiger partial charge < -0.3 is 11.1 Å². The van der Waals surface area contributed by atoms with Gasteiger partial charge in [0, 0.05) is 0 Å². The molecule has 0 amide bonds. The van der Waals surface area contributed by atoms with Gasteiger partial charge in [0.15, 0.2) is 5.96 Å². The fourth-order valence-corrected chi connectivity index (χ4v) is 2.23. The van der Waals surface area contributed by atoms with Crippen LogP contribution in [0.25, 0.3) is 0 Å². The molecule has 1 saturated carbocycles. The van der Waals surface area contributed by atoms with E-state index in [9.17, 15) is 0 Å². The lowest BCUT2D eigenvalue weighted by molar-refractivity contribution is 0.697. The second-order valence-electron chi connectivity index (χ2n) is 4.33. The van der Waals surface area contributed by atoms with Gasteiger partial charge in [0.1, 0.15) is 0 Å². The molecule has 0 saturated heterocycles. The fraction of sp³-hybridized carbons (Fsp3) is 0.417. The molecule has 0 aromatic heterocycles. The average Bonchev–Trinajstić information content (AvgIpc) is 3.02. The van der Waals surface area contributed by atoms with Crippen LogP contribution in [-0.2, 0) is 0 Å². The third kappa shape index (κ3) is 1.58. The largest absolute Gasteiger partial charge is 0.370 e. The number of nitrogens with two attached hydrogens (primary N) is 1. The smallest absolute Gasteiger partial charge is 0.189 e. The number of nitrogens with zero attached hydrogens (tertiary/aromatic N) is 1. The SMILES string of the molecule is NC1=NCC(c2ccccc2C2CC2)N1. The quantitative estimate of drug-likeness (QED) is 0.762. The van der Waals surface area contributed by atoms with Gasteiger partial charge in [0.25, 0.3) is 0 Å². The Bertz CT molecular complexity index is 407. The molecule has 3 heteroatoms. The number of benzene rings is 1. The summed E-state index contributed by atoms with van der Waals surface area (Å²) in [6.45, 7) is 0.773. The Balaban J connectivity index is 1.90. The number of hydrogen-bond donors (Lipinski definition) is 2. The second-order valence-corrected chi connectivity index (χ2v) is 4.33. The van der Waals surface area contributed by atoms with Crippen molar-refractivity contribution in [1.82, 2.24) is 5.32 Å². The van der Waals surface area contributed by atoms with E-state index in [0.29, 0.717) is 12.0 Å². The van der Waals surface area contributed by atoms with Crippen LogP contribution in [0.2, 0.25) is 0 Å². The summed E-state index contributed by atoms with van der Waals surface area (Å²) in [5.41, 5.74) is 8.51. The lowest BCUT2D eigenvalue weighted by atomic mass is 9.97. The summed E-state index contributed by atoms with van der Waals surface area (Å²) in [6.07, 6.45) is 2.67. The molecule has 0 radical (unpaired) electrons. The molecular weight excluding hydrogens is 186 g/mol. The number of aliphatic imine (C=N–C) groups is 1. The van der Waals surface area contributed by atoms with E-state index in [-0.39, 0.29) is 0 Å². The van der Waals surface area contributed by atoms with Crippen LogP contribution in [0.1, 0.15) is 35.9 Å². The molecule has 1 fully saturated rings. The van der Waals surface area contributed by atoms with E-state index < -0.39 is 0 Å². The highest BCUT2D eigenvalue weighted by atomic mass is 15.2. The Morgan fingerprint density at radius 3 is 2.53 bits per heavy atom. The molecule has 0 spiro atoms. The van der Waals surface area contributed by atoms with Gasteiger partial charge in [-0.2, -0.15) is 0 Å². The van der Waals surface area contributed by atoms with Gasteiger partial charge >= 0.3 is 0 Å². The molecule has 78 valence electrons. The van der Waals surface area contributed by atoms with Crippen molar-refractivity contribution in [3.63, 3.8) is 0 Å². The number of rotatable bonds is 2. The summed E-state index contributed by atoms with van der Waals surface area (Å²) in [5, 5.41) is 3.22. The zero-order chi connectivity index (χ0) is 10.3. The minimum atomic E-state index is 0.293. The summed E-state index contributed by atoms with van der Waals surface area (Å²) in [6, 6.07) is 8.94. The Morgan fingerprint density at radius 2 is 1.93 bits per heavy atom. The van der Waals surface area contributed by atoms with Gasteiger partial charge in [0.2, 0.25) is 0 Å². The van der Waals surface area contributed by atoms with Crippen LogP contribution in [0.4, 0.5) is 0 Å². The van der Waals surface area contributed by atoms with E-state index in [1.807, 2.05) is 0 Å². The highest BCUT2D eigenvalue weighted by Crippen LogP contribution is 2.43. The summed E-state index contributed by atoms with van der Waals surface area (Å²) in [4.78, 5) is 4.20. The lowest BCUT2D eigenvalue weighted by Crippen LogP contribution is -2.30. The van der Waals surface area contributed by atoms with E-state index >= 15 is 0 Å².